The fraction of sp³-hybridized carbons (Fsp3) is 0.160. The van der Waals surface area contributed by atoms with Crippen LogP contribution in [0.25, 0.3) is 0 Å². The Hall–Kier alpha value is -3.64. The molecule has 164 valence electrons. The second-order valence-corrected chi connectivity index (χ2v) is 7.38. The minimum Gasteiger partial charge on any atom is -0.484 e. The molecule has 0 fully saturated rings. The second-order valence-electron chi connectivity index (χ2n) is 6.94. The van der Waals surface area contributed by atoms with E-state index in [4.69, 9.17) is 21.1 Å². The van der Waals surface area contributed by atoms with Gasteiger partial charge in [0.2, 0.25) is 0 Å². The summed E-state index contributed by atoms with van der Waals surface area (Å²) >= 11 is 5.82. The summed E-state index contributed by atoms with van der Waals surface area (Å²) in [4.78, 5) is 24.0. The predicted octanol–water partition coefficient (Wildman–Crippen LogP) is 5.04. The van der Waals surface area contributed by atoms with E-state index in [-0.39, 0.29) is 12.5 Å². The zero-order valence-corrected chi connectivity index (χ0v) is 18.3. The van der Waals surface area contributed by atoms with E-state index in [2.05, 4.69) is 17.5 Å². The minimum atomic E-state index is -0.477. The topological polar surface area (TPSA) is 77.0 Å². The highest BCUT2D eigenvalue weighted by Gasteiger charge is 2.08. The molecule has 1 N–H and O–H groups in total. The fourth-order valence-electron chi connectivity index (χ4n) is 2.77. The number of amides is 1. The van der Waals surface area contributed by atoms with Crippen LogP contribution < -0.4 is 14.9 Å². The third-order valence-electron chi connectivity index (χ3n) is 4.41. The Kier molecular flexibility index (Phi) is 8.40. The van der Waals surface area contributed by atoms with Crippen LogP contribution in [0.4, 0.5) is 0 Å². The van der Waals surface area contributed by atoms with Crippen LogP contribution in [-0.2, 0) is 11.2 Å². The van der Waals surface area contributed by atoms with Crippen LogP contribution in [0.1, 0.15) is 34.8 Å². The van der Waals surface area contributed by atoms with Crippen molar-refractivity contribution < 1.29 is 19.1 Å². The van der Waals surface area contributed by atoms with Gasteiger partial charge in [0.05, 0.1) is 11.8 Å². The van der Waals surface area contributed by atoms with E-state index in [9.17, 15) is 9.59 Å². The van der Waals surface area contributed by atoms with Gasteiger partial charge in [-0.05, 0) is 78.2 Å². The number of aryl methyl sites for hydroxylation is 1. The van der Waals surface area contributed by atoms with E-state index in [1.165, 1.54) is 11.8 Å². The molecule has 0 saturated carbocycles. The lowest BCUT2D eigenvalue weighted by Crippen LogP contribution is -2.24. The van der Waals surface area contributed by atoms with Crippen LogP contribution in [-0.4, -0.2) is 24.7 Å². The van der Waals surface area contributed by atoms with Crippen molar-refractivity contribution in [2.75, 3.05) is 6.61 Å². The Morgan fingerprint density at radius 3 is 2.25 bits per heavy atom. The average molecular weight is 451 g/mol. The number of rotatable bonds is 9. The number of halogens is 1. The summed E-state index contributed by atoms with van der Waals surface area (Å²) in [6.45, 7) is 1.99. The van der Waals surface area contributed by atoms with E-state index in [0.29, 0.717) is 22.1 Å². The van der Waals surface area contributed by atoms with E-state index in [1.807, 2.05) is 24.3 Å². The summed E-state index contributed by atoms with van der Waals surface area (Å²) in [7, 11) is 0. The van der Waals surface area contributed by atoms with Crippen molar-refractivity contribution in [3.8, 4) is 11.5 Å². The highest BCUT2D eigenvalue weighted by molar-refractivity contribution is 6.30. The number of nitrogens with zero attached hydrogens (tertiary/aromatic N) is 1. The van der Waals surface area contributed by atoms with Crippen molar-refractivity contribution >= 4 is 29.7 Å². The van der Waals surface area contributed by atoms with Gasteiger partial charge in [0.15, 0.2) is 6.61 Å². The SMILES string of the molecule is CCCc1ccc(OCC(=O)NN=Cc2ccc(OC(=O)c3ccc(Cl)cc3)cc2)cc1. The molecule has 6 nitrogen and oxygen atoms in total. The molecule has 0 aliphatic rings. The van der Waals surface area contributed by atoms with Gasteiger partial charge >= 0.3 is 5.97 Å². The number of hydrogen-bond donors (Lipinski definition) is 1. The van der Waals surface area contributed by atoms with Crippen molar-refractivity contribution in [2.24, 2.45) is 5.10 Å². The smallest absolute Gasteiger partial charge is 0.343 e. The fourth-order valence-corrected chi connectivity index (χ4v) is 2.90. The molecule has 7 heteroatoms. The molecule has 0 saturated heterocycles. The van der Waals surface area contributed by atoms with Gasteiger partial charge in [-0.1, -0.05) is 37.1 Å². The van der Waals surface area contributed by atoms with Crippen molar-refractivity contribution in [1.29, 1.82) is 0 Å². The summed E-state index contributed by atoms with van der Waals surface area (Å²) in [6, 6.07) is 20.8. The van der Waals surface area contributed by atoms with Gasteiger partial charge in [-0.3, -0.25) is 4.79 Å². The van der Waals surface area contributed by atoms with E-state index in [1.54, 1.807) is 48.5 Å². The molecule has 3 aromatic carbocycles. The third-order valence-corrected chi connectivity index (χ3v) is 4.66. The van der Waals surface area contributed by atoms with Crippen LogP contribution in [0, 0.1) is 0 Å². The van der Waals surface area contributed by atoms with Crippen molar-refractivity contribution in [3.63, 3.8) is 0 Å². The molecule has 3 rings (SSSR count). The molecular formula is C25H23ClN2O4. The number of esters is 1. The van der Waals surface area contributed by atoms with Crippen LogP contribution in [0.5, 0.6) is 11.5 Å². The number of benzene rings is 3. The quantitative estimate of drug-likeness (QED) is 0.214. The Labute approximate surface area is 191 Å². The molecule has 0 aliphatic carbocycles. The molecule has 0 aliphatic heterocycles. The first-order chi connectivity index (χ1) is 15.5. The first-order valence-electron chi connectivity index (χ1n) is 10.1. The number of hydrogen-bond acceptors (Lipinski definition) is 5. The zero-order valence-electron chi connectivity index (χ0n) is 17.6. The maximum atomic E-state index is 12.1. The molecule has 0 bridgehead atoms. The lowest BCUT2D eigenvalue weighted by atomic mass is 10.1. The summed E-state index contributed by atoms with van der Waals surface area (Å²) < 4.78 is 10.8. The first-order valence-corrected chi connectivity index (χ1v) is 10.5. The Morgan fingerprint density at radius 1 is 0.938 bits per heavy atom. The molecule has 0 atom stereocenters. The van der Waals surface area contributed by atoms with Crippen LogP contribution >= 0.6 is 11.6 Å². The van der Waals surface area contributed by atoms with Gasteiger partial charge in [0, 0.05) is 5.02 Å². The van der Waals surface area contributed by atoms with E-state index >= 15 is 0 Å². The number of nitrogens with one attached hydrogen (secondary N) is 1. The first kappa shape index (κ1) is 23.0. The molecule has 3 aromatic rings. The van der Waals surface area contributed by atoms with E-state index in [0.717, 1.165) is 18.4 Å². The van der Waals surface area contributed by atoms with E-state index < -0.39 is 5.97 Å². The van der Waals surface area contributed by atoms with Crippen LogP contribution in [0.3, 0.4) is 0 Å². The predicted molar refractivity (Wildman–Crippen MR) is 125 cm³/mol. The molecule has 1 amide bonds. The largest absolute Gasteiger partial charge is 0.484 e. The standard InChI is InChI=1S/C25H23ClN2O4/c1-2-3-18-4-12-22(13-5-18)31-17-24(29)28-27-16-19-6-14-23(15-7-19)32-25(30)20-8-10-21(26)11-9-20/h4-16H,2-3,17H2,1H3,(H,28,29). The lowest BCUT2D eigenvalue weighted by molar-refractivity contribution is -0.123. The molecule has 32 heavy (non-hydrogen) atoms. The zero-order chi connectivity index (χ0) is 22.8. The van der Waals surface area contributed by atoms with Gasteiger partial charge in [-0.15, -0.1) is 0 Å². The number of carbonyl (C=O) groups is 2. The van der Waals surface area contributed by atoms with Crippen LogP contribution in [0.2, 0.25) is 5.02 Å². The van der Waals surface area contributed by atoms with Crippen molar-refractivity contribution in [2.45, 2.75) is 19.8 Å². The monoisotopic (exact) mass is 450 g/mol. The summed E-state index contributed by atoms with van der Waals surface area (Å²) in [5.41, 5.74) is 4.78. The number of hydrazone groups is 1. The van der Waals surface area contributed by atoms with Gasteiger partial charge in [-0.2, -0.15) is 5.10 Å². The molecule has 0 unspecified atom stereocenters. The summed E-state index contributed by atoms with van der Waals surface area (Å²) in [5.74, 6) is 0.181. The second kappa shape index (κ2) is 11.7. The number of ether oxygens (including phenoxy) is 2. The molecular weight excluding hydrogens is 428 g/mol. The molecule has 0 radical (unpaired) electrons. The Morgan fingerprint density at radius 2 is 1.59 bits per heavy atom. The lowest BCUT2D eigenvalue weighted by Gasteiger charge is -2.06. The maximum Gasteiger partial charge on any atom is 0.343 e. The Balaban J connectivity index is 1.43. The molecule has 0 spiro atoms. The highest BCUT2D eigenvalue weighted by atomic mass is 35.5. The van der Waals surface area contributed by atoms with Crippen molar-refractivity contribution in [3.05, 3.63) is 94.5 Å². The van der Waals surface area contributed by atoms with Crippen LogP contribution in [0.15, 0.2) is 77.9 Å². The number of carbonyl (C=O) groups excluding carboxylic acids is 2. The minimum absolute atomic E-state index is 0.135. The highest BCUT2D eigenvalue weighted by Crippen LogP contribution is 2.16. The summed E-state index contributed by atoms with van der Waals surface area (Å²) in [5, 5.41) is 4.46. The van der Waals surface area contributed by atoms with Gasteiger partial charge in [0.25, 0.3) is 5.91 Å². The van der Waals surface area contributed by atoms with Crippen molar-refractivity contribution in [1.82, 2.24) is 5.43 Å². The average Bonchev–Trinajstić information content (AvgIpc) is 2.80. The molecule has 0 aromatic heterocycles. The Bertz CT molecular complexity index is 1060. The normalized spacial score (nSPS) is 10.7. The van der Waals surface area contributed by atoms with Gasteiger partial charge in [-0.25, -0.2) is 10.2 Å². The molecule has 0 heterocycles. The third kappa shape index (κ3) is 7.25. The summed E-state index contributed by atoms with van der Waals surface area (Å²) in [6.07, 6.45) is 3.58. The maximum absolute atomic E-state index is 12.1. The van der Waals surface area contributed by atoms with Gasteiger partial charge < -0.3 is 9.47 Å². The van der Waals surface area contributed by atoms with Gasteiger partial charge in [0.1, 0.15) is 11.5 Å².